The van der Waals surface area contributed by atoms with Crippen LogP contribution in [0.4, 0.5) is 0 Å². The Balaban J connectivity index is 2.05. The van der Waals surface area contributed by atoms with Crippen LogP contribution in [-0.4, -0.2) is 29.8 Å². The first-order valence-corrected chi connectivity index (χ1v) is 9.16. The monoisotopic (exact) mass is 303 g/mol. The van der Waals surface area contributed by atoms with Gasteiger partial charge in [-0.3, -0.25) is 9.69 Å². The molecule has 0 saturated carbocycles. The van der Waals surface area contributed by atoms with Crippen molar-refractivity contribution in [1.82, 2.24) is 4.90 Å². The van der Waals surface area contributed by atoms with Crippen LogP contribution < -0.4 is 0 Å². The van der Waals surface area contributed by atoms with Crippen molar-refractivity contribution in [3.63, 3.8) is 0 Å². The molecule has 0 N–H and O–H groups in total. The number of nitrogens with zero attached hydrogens (tertiary/aromatic N) is 1. The Morgan fingerprint density at radius 1 is 1.32 bits per heavy atom. The van der Waals surface area contributed by atoms with Crippen molar-refractivity contribution in [3.05, 3.63) is 23.8 Å². The van der Waals surface area contributed by atoms with Crippen LogP contribution in [0.2, 0.25) is 0 Å². The zero-order chi connectivity index (χ0) is 16.3. The fourth-order valence-electron chi connectivity index (χ4n) is 4.23. The second-order valence-corrected chi connectivity index (χ2v) is 7.45. The standard InChI is InChI=1S/C20H33NO/c1-6-8-10-16-11-17-12-21(13-18(17)15(16)5)20(14(3)4)19(22)9-7-2/h11,14,17-18,20H,5-10,12-13H2,1-4H3/t17?,18?,20-/m0/s1. The lowest BCUT2D eigenvalue weighted by atomic mass is 9.93. The van der Waals surface area contributed by atoms with Crippen LogP contribution in [0, 0.1) is 17.8 Å². The van der Waals surface area contributed by atoms with Crippen molar-refractivity contribution in [2.75, 3.05) is 13.1 Å². The van der Waals surface area contributed by atoms with Crippen LogP contribution in [-0.2, 0) is 4.79 Å². The van der Waals surface area contributed by atoms with E-state index in [2.05, 4.69) is 45.2 Å². The summed E-state index contributed by atoms with van der Waals surface area (Å²) in [6.45, 7) is 15.1. The first-order chi connectivity index (χ1) is 10.5. The van der Waals surface area contributed by atoms with Crippen LogP contribution in [0.5, 0.6) is 0 Å². The fraction of sp³-hybridized carbons (Fsp3) is 0.750. The second kappa shape index (κ2) is 7.59. The van der Waals surface area contributed by atoms with Gasteiger partial charge in [0.15, 0.2) is 0 Å². The minimum absolute atomic E-state index is 0.103. The maximum atomic E-state index is 12.5. The molecule has 22 heavy (non-hydrogen) atoms. The number of Topliss-reactive ketones (excluding diaryl/α,β-unsaturated/α-hetero) is 1. The molecular formula is C20H33NO. The molecule has 0 aromatic heterocycles. The lowest BCUT2D eigenvalue weighted by Gasteiger charge is -2.30. The quantitative estimate of drug-likeness (QED) is 0.652. The van der Waals surface area contributed by atoms with Crippen LogP contribution in [0.1, 0.15) is 59.8 Å². The Hall–Kier alpha value is -0.890. The zero-order valence-electron chi connectivity index (χ0n) is 14.9. The number of fused-ring (bicyclic) bond motifs is 1. The fourth-order valence-corrected chi connectivity index (χ4v) is 4.23. The van der Waals surface area contributed by atoms with Gasteiger partial charge in [-0.15, -0.1) is 0 Å². The molecule has 2 unspecified atom stereocenters. The van der Waals surface area contributed by atoms with E-state index in [4.69, 9.17) is 0 Å². The molecule has 0 bridgehead atoms. The number of carbonyl (C=O) groups is 1. The third kappa shape index (κ3) is 3.53. The van der Waals surface area contributed by atoms with E-state index >= 15 is 0 Å². The minimum atomic E-state index is 0.103. The summed E-state index contributed by atoms with van der Waals surface area (Å²) >= 11 is 0. The van der Waals surface area contributed by atoms with Gasteiger partial charge in [-0.05, 0) is 42.2 Å². The van der Waals surface area contributed by atoms with E-state index in [1.165, 1.54) is 30.4 Å². The van der Waals surface area contributed by atoms with E-state index in [0.29, 0.717) is 30.0 Å². The molecule has 1 aliphatic heterocycles. The third-order valence-corrected chi connectivity index (χ3v) is 5.32. The minimum Gasteiger partial charge on any atom is -0.298 e. The van der Waals surface area contributed by atoms with Gasteiger partial charge in [-0.25, -0.2) is 0 Å². The van der Waals surface area contributed by atoms with Crippen LogP contribution >= 0.6 is 0 Å². The summed E-state index contributed by atoms with van der Waals surface area (Å²) in [4.78, 5) is 14.9. The largest absolute Gasteiger partial charge is 0.298 e. The van der Waals surface area contributed by atoms with Crippen LogP contribution in [0.15, 0.2) is 23.8 Å². The van der Waals surface area contributed by atoms with Gasteiger partial charge in [0.05, 0.1) is 6.04 Å². The third-order valence-electron chi connectivity index (χ3n) is 5.32. The van der Waals surface area contributed by atoms with Crippen LogP contribution in [0.25, 0.3) is 0 Å². The number of rotatable bonds is 8. The Morgan fingerprint density at radius 3 is 2.59 bits per heavy atom. The highest BCUT2D eigenvalue weighted by Crippen LogP contribution is 2.43. The molecule has 2 rings (SSSR count). The molecule has 0 aromatic rings. The average molecular weight is 303 g/mol. The van der Waals surface area contributed by atoms with Crippen molar-refractivity contribution < 1.29 is 4.79 Å². The van der Waals surface area contributed by atoms with E-state index in [0.717, 1.165) is 19.5 Å². The lowest BCUT2D eigenvalue weighted by Crippen LogP contribution is -2.43. The molecule has 1 aliphatic carbocycles. The molecule has 0 aromatic carbocycles. The number of carbonyl (C=O) groups excluding carboxylic acids is 1. The normalized spacial score (nSPS) is 26.4. The summed E-state index contributed by atoms with van der Waals surface area (Å²) in [6, 6.07) is 0.103. The average Bonchev–Trinajstić information content (AvgIpc) is 2.97. The Morgan fingerprint density at radius 2 is 2.05 bits per heavy atom. The maximum absolute atomic E-state index is 12.5. The molecule has 1 saturated heterocycles. The summed E-state index contributed by atoms with van der Waals surface area (Å²) in [5.74, 6) is 1.98. The molecule has 0 radical (unpaired) electrons. The number of allylic oxidation sites excluding steroid dienone is 1. The zero-order valence-corrected chi connectivity index (χ0v) is 14.9. The van der Waals surface area contributed by atoms with Crippen molar-refractivity contribution >= 4 is 5.78 Å². The molecule has 0 spiro atoms. The summed E-state index contributed by atoms with van der Waals surface area (Å²) in [7, 11) is 0. The predicted octanol–water partition coefficient (Wildman–Crippen LogP) is 4.61. The van der Waals surface area contributed by atoms with E-state index in [1.54, 1.807) is 0 Å². The molecule has 3 atom stereocenters. The maximum Gasteiger partial charge on any atom is 0.150 e. The summed E-state index contributed by atoms with van der Waals surface area (Å²) in [6.07, 6.45) is 7.82. The first kappa shape index (κ1) is 17.5. The van der Waals surface area contributed by atoms with Gasteiger partial charge in [-0.1, -0.05) is 46.8 Å². The number of hydrogen-bond acceptors (Lipinski definition) is 2. The Bertz CT molecular complexity index is 449. The van der Waals surface area contributed by atoms with E-state index in [9.17, 15) is 4.79 Å². The molecule has 2 aliphatic rings. The summed E-state index contributed by atoms with van der Waals surface area (Å²) in [5.41, 5.74) is 2.85. The predicted molar refractivity (Wildman–Crippen MR) is 93.8 cm³/mol. The number of likely N-dealkylation sites (tertiary alicyclic amines) is 1. The van der Waals surface area contributed by atoms with Crippen molar-refractivity contribution in [2.24, 2.45) is 17.8 Å². The number of unbranched alkanes of at least 4 members (excludes halogenated alkanes) is 1. The van der Waals surface area contributed by atoms with Gasteiger partial charge in [0.1, 0.15) is 5.78 Å². The van der Waals surface area contributed by atoms with Crippen molar-refractivity contribution in [1.29, 1.82) is 0 Å². The van der Waals surface area contributed by atoms with Gasteiger partial charge in [0.25, 0.3) is 0 Å². The van der Waals surface area contributed by atoms with Gasteiger partial charge >= 0.3 is 0 Å². The summed E-state index contributed by atoms with van der Waals surface area (Å²) in [5, 5.41) is 0. The lowest BCUT2D eigenvalue weighted by molar-refractivity contribution is -0.125. The number of ketones is 1. The smallest absolute Gasteiger partial charge is 0.150 e. The van der Waals surface area contributed by atoms with Gasteiger partial charge in [0, 0.05) is 25.4 Å². The second-order valence-electron chi connectivity index (χ2n) is 7.45. The van der Waals surface area contributed by atoms with E-state index < -0.39 is 0 Å². The highest BCUT2D eigenvalue weighted by molar-refractivity contribution is 5.84. The Labute approximate surface area is 136 Å². The molecule has 1 heterocycles. The molecular weight excluding hydrogens is 270 g/mol. The highest BCUT2D eigenvalue weighted by atomic mass is 16.1. The van der Waals surface area contributed by atoms with Crippen molar-refractivity contribution in [2.45, 2.75) is 65.8 Å². The van der Waals surface area contributed by atoms with E-state index in [1.807, 2.05) is 0 Å². The molecule has 0 amide bonds. The van der Waals surface area contributed by atoms with Crippen LogP contribution in [0.3, 0.4) is 0 Å². The van der Waals surface area contributed by atoms with Gasteiger partial charge in [-0.2, -0.15) is 0 Å². The number of hydrogen-bond donors (Lipinski definition) is 0. The molecule has 2 nitrogen and oxygen atoms in total. The SMILES string of the molecule is C=C1C(CCCC)=CC2CN([C@H](C(=O)CCC)C(C)C)CC12. The molecule has 124 valence electrons. The molecule has 1 fully saturated rings. The highest BCUT2D eigenvalue weighted by Gasteiger charge is 2.42. The summed E-state index contributed by atoms with van der Waals surface area (Å²) < 4.78 is 0. The van der Waals surface area contributed by atoms with Gasteiger partial charge in [0.2, 0.25) is 0 Å². The van der Waals surface area contributed by atoms with Crippen molar-refractivity contribution in [3.8, 4) is 0 Å². The first-order valence-electron chi connectivity index (χ1n) is 9.16. The topological polar surface area (TPSA) is 20.3 Å². The van der Waals surface area contributed by atoms with E-state index in [-0.39, 0.29) is 6.04 Å². The van der Waals surface area contributed by atoms with Gasteiger partial charge < -0.3 is 0 Å². The Kier molecular flexibility index (Phi) is 6.02. The molecule has 2 heteroatoms.